The van der Waals surface area contributed by atoms with E-state index in [9.17, 15) is 14.4 Å². The van der Waals surface area contributed by atoms with E-state index in [1.807, 2.05) is 62.4 Å². The van der Waals surface area contributed by atoms with E-state index in [-0.39, 0.29) is 11.8 Å². The van der Waals surface area contributed by atoms with Crippen molar-refractivity contribution >= 4 is 17.9 Å². The summed E-state index contributed by atoms with van der Waals surface area (Å²) >= 11 is 0. The second-order valence-corrected chi connectivity index (χ2v) is 10.5. The topological polar surface area (TPSA) is 87.7 Å². The van der Waals surface area contributed by atoms with Crippen molar-refractivity contribution in [2.24, 2.45) is 0 Å². The van der Waals surface area contributed by atoms with Gasteiger partial charge >= 0.3 is 6.09 Å². The van der Waals surface area contributed by atoms with Crippen molar-refractivity contribution in [3.8, 4) is 0 Å². The molecule has 2 aromatic carbocycles. The molecule has 2 aromatic rings. The van der Waals surface area contributed by atoms with Gasteiger partial charge in [0.1, 0.15) is 17.7 Å². The Labute approximate surface area is 222 Å². The van der Waals surface area contributed by atoms with Crippen LogP contribution in [-0.4, -0.2) is 41.0 Å². The fraction of sp³-hybridized carbons (Fsp3) is 0.500. The monoisotopic (exact) mass is 509 g/mol. The largest absolute Gasteiger partial charge is 0.444 e. The van der Waals surface area contributed by atoms with Crippen LogP contribution in [0.3, 0.4) is 0 Å². The van der Waals surface area contributed by atoms with Gasteiger partial charge in [0.05, 0.1) is 0 Å². The molecule has 0 aromatic heterocycles. The molecule has 0 radical (unpaired) electrons. The first-order chi connectivity index (χ1) is 17.4. The van der Waals surface area contributed by atoms with Crippen molar-refractivity contribution in [2.75, 3.05) is 6.54 Å². The van der Waals surface area contributed by atoms with Gasteiger partial charge in [-0.2, -0.15) is 0 Å². The van der Waals surface area contributed by atoms with E-state index in [1.54, 1.807) is 32.6 Å². The zero-order chi connectivity index (χ0) is 27.6. The van der Waals surface area contributed by atoms with Gasteiger partial charge in [-0.15, -0.1) is 0 Å². The van der Waals surface area contributed by atoms with Gasteiger partial charge in [-0.3, -0.25) is 9.59 Å². The Bertz CT molecular complexity index is 1030. The van der Waals surface area contributed by atoms with Gasteiger partial charge < -0.3 is 20.3 Å². The normalized spacial score (nSPS) is 12.8. The summed E-state index contributed by atoms with van der Waals surface area (Å²) in [5.41, 5.74) is 2.95. The Morgan fingerprint density at radius 1 is 0.946 bits per heavy atom. The third-order valence-electron chi connectivity index (χ3n) is 6.07. The first kappa shape index (κ1) is 29.9. The van der Waals surface area contributed by atoms with Crippen molar-refractivity contribution < 1.29 is 19.1 Å². The van der Waals surface area contributed by atoms with Crippen molar-refractivity contribution in [3.63, 3.8) is 0 Å². The van der Waals surface area contributed by atoms with Crippen molar-refractivity contribution in [1.29, 1.82) is 0 Å². The number of hydrogen-bond acceptors (Lipinski definition) is 4. The number of ether oxygens (including phenoxy) is 1. The summed E-state index contributed by atoms with van der Waals surface area (Å²) < 4.78 is 5.36. The van der Waals surface area contributed by atoms with E-state index in [2.05, 4.69) is 17.6 Å². The molecule has 0 aliphatic rings. The molecule has 0 saturated carbocycles. The number of alkyl carbamates (subject to hydrolysis) is 1. The average molecular weight is 510 g/mol. The molecule has 7 nitrogen and oxygen atoms in total. The number of benzene rings is 2. The molecule has 3 amide bonds. The van der Waals surface area contributed by atoms with Gasteiger partial charge in [0.25, 0.3) is 0 Å². The quantitative estimate of drug-likeness (QED) is 0.386. The predicted octanol–water partition coefficient (Wildman–Crippen LogP) is 5.59. The number of hydrogen-bond donors (Lipinski definition) is 2. The maximum Gasteiger partial charge on any atom is 0.408 e. The molecule has 0 spiro atoms. The summed E-state index contributed by atoms with van der Waals surface area (Å²) in [5, 5.41) is 5.70. The van der Waals surface area contributed by atoms with Crippen LogP contribution in [0, 0.1) is 13.8 Å². The third kappa shape index (κ3) is 9.23. The summed E-state index contributed by atoms with van der Waals surface area (Å²) in [4.78, 5) is 41.7. The highest BCUT2D eigenvalue weighted by Crippen LogP contribution is 2.29. The average Bonchev–Trinajstić information content (AvgIpc) is 2.82. The number of nitrogens with zero attached hydrogens (tertiary/aromatic N) is 1. The maximum absolute atomic E-state index is 13.8. The molecule has 0 bridgehead atoms. The number of carbonyl (C=O) groups is 3. The van der Waals surface area contributed by atoms with Gasteiger partial charge in [-0.1, -0.05) is 68.3 Å². The van der Waals surface area contributed by atoms with Crippen LogP contribution in [-0.2, 0) is 20.9 Å². The molecule has 0 aliphatic carbocycles. The van der Waals surface area contributed by atoms with Gasteiger partial charge in [0.2, 0.25) is 11.8 Å². The Kier molecular flexibility index (Phi) is 11.2. The number of nitrogens with one attached hydrogen (secondary N) is 2. The number of amides is 3. The van der Waals surface area contributed by atoms with Crippen LogP contribution < -0.4 is 10.6 Å². The summed E-state index contributed by atoms with van der Waals surface area (Å²) in [6.07, 6.45) is 1.97. The minimum Gasteiger partial charge on any atom is -0.444 e. The fourth-order valence-corrected chi connectivity index (χ4v) is 4.26. The standard InChI is InChI=1S/C30H43N3O4/c1-8-9-13-19-33(28(35)23(4)32-29(36)37-30(5,6)7)26(25-21(2)15-14-16-22(25)3)27(34)31-20-24-17-11-10-12-18-24/h10-12,14-18,23,26H,8-9,13,19-20H2,1-7H3,(H,31,34)(H,32,36). The minimum atomic E-state index is -0.870. The number of rotatable bonds is 11. The first-order valence-electron chi connectivity index (χ1n) is 13.1. The van der Waals surface area contributed by atoms with Crippen LogP contribution in [0.5, 0.6) is 0 Å². The highest BCUT2D eigenvalue weighted by molar-refractivity contribution is 5.92. The highest BCUT2D eigenvalue weighted by Gasteiger charge is 2.35. The lowest BCUT2D eigenvalue weighted by Crippen LogP contribution is -2.52. The number of aryl methyl sites for hydroxylation is 2. The fourth-order valence-electron chi connectivity index (χ4n) is 4.26. The molecule has 0 heterocycles. The second-order valence-electron chi connectivity index (χ2n) is 10.5. The molecule has 0 fully saturated rings. The Balaban J connectivity index is 2.43. The maximum atomic E-state index is 13.8. The zero-order valence-corrected chi connectivity index (χ0v) is 23.4. The molecule has 2 atom stereocenters. The molecular formula is C30H43N3O4. The van der Waals surface area contributed by atoms with E-state index in [1.165, 1.54) is 0 Å². The summed E-state index contributed by atoms with van der Waals surface area (Å²) in [7, 11) is 0. The van der Waals surface area contributed by atoms with Crippen LogP contribution in [0.4, 0.5) is 4.79 Å². The second kappa shape index (κ2) is 13.8. The van der Waals surface area contributed by atoms with Crippen molar-refractivity contribution in [2.45, 2.75) is 92.0 Å². The van der Waals surface area contributed by atoms with Crippen LogP contribution in [0.1, 0.15) is 82.2 Å². The van der Waals surface area contributed by atoms with E-state index in [0.717, 1.165) is 41.5 Å². The Morgan fingerprint density at radius 2 is 1.57 bits per heavy atom. The lowest BCUT2D eigenvalue weighted by molar-refractivity contribution is -0.142. The number of unbranched alkanes of at least 4 members (excludes halogenated alkanes) is 2. The van der Waals surface area contributed by atoms with E-state index in [4.69, 9.17) is 4.74 Å². The van der Waals surface area contributed by atoms with E-state index < -0.39 is 23.8 Å². The molecule has 7 heteroatoms. The molecular weight excluding hydrogens is 466 g/mol. The minimum absolute atomic E-state index is 0.254. The predicted molar refractivity (Wildman–Crippen MR) is 147 cm³/mol. The van der Waals surface area contributed by atoms with Gasteiger partial charge in [-0.05, 0) is 70.2 Å². The van der Waals surface area contributed by atoms with Crippen LogP contribution in [0.25, 0.3) is 0 Å². The molecule has 0 aliphatic heterocycles. The lowest BCUT2D eigenvalue weighted by atomic mass is 9.93. The Morgan fingerprint density at radius 3 is 2.14 bits per heavy atom. The SMILES string of the molecule is CCCCCN(C(=O)C(C)NC(=O)OC(C)(C)C)C(C(=O)NCc1ccccc1)c1c(C)cccc1C. The highest BCUT2D eigenvalue weighted by atomic mass is 16.6. The van der Waals surface area contributed by atoms with Crippen molar-refractivity contribution in [1.82, 2.24) is 15.5 Å². The summed E-state index contributed by atoms with van der Waals surface area (Å²) in [5.74, 6) is -0.583. The summed E-state index contributed by atoms with van der Waals surface area (Å²) in [6, 6.07) is 13.8. The summed E-state index contributed by atoms with van der Waals surface area (Å²) in [6.45, 7) is 13.7. The molecule has 0 saturated heterocycles. The van der Waals surface area contributed by atoms with Crippen molar-refractivity contribution in [3.05, 3.63) is 70.8 Å². The smallest absolute Gasteiger partial charge is 0.408 e. The first-order valence-corrected chi connectivity index (χ1v) is 13.1. The molecule has 202 valence electrons. The zero-order valence-electron chi connectivity index (χ0n) is 23.4. The van der Waals surface area contributed by atoms with E-state index >= 15 is 0 Å². The molecule has 37 heavy (non-hydrogen) atoms. The van der Waals surface area contributed by atoms with Crippen LogP contribution in [0.15, 0.2) is 48.5 Å². The van der Waals surface area contributed by atoms with Gasteiger partial charge in [0.15, 0.2) is 0 Å². The molecule has 2 rings (SSSR count). The molecule has 2 unspecified atom stereocenters. The lowest BCUT2D eigenvalue weighted by Gasteiger charge is -2.35. The van der Waals surface area contributed by atoms with Crippen LogP contribution >= 0.6 is 0 Å². The Hall–Kier alpha value is -3.35. The van der Waals surface area contributed by atoms with E-state index in [0.29, 0.717) is 13.1 Å². The number of carbonyl (C=O) groups excluding carboxylic acids is 3. The third-order valence-corrected chi connectivity index (χ3v) is 6.07. The van der Waals surface area contributed by atoms with Gasteiger partial charge in [0, 0.05) is 13.1 Å². The van der Waals surface area contributed by atoms with Crippen LogP contribution in [0.2, 0.25) is 0 Å². The molecule has 2 N–H and O–H groups in total. The van der Waals surface area contributed by atoms with Gasteiger partial charge in [-0.25, -0.2) is 4.79 Å².